The first-order chi connectivity index (χ1) is 9.10. The van der Waals surface area contributed by atoms with E-state index in [9.17, 15) is 4.79 Å². The summed E-state index contributed by atoms with van der Waals surface area (Å²) in [5.74, 6) is 0.635. The number of aryl methyl sites for hydroxylation is 2. The van der Waals surface area contributed by atoms with Gasteiger partial charge in [-0.15, -0.1) is 0 Å². The fraction of sp³-hybridized carbons (Fsp3) is 0.562. The predicted molar refractivity (Wildman–Crippen MR) is 76.5 cm³/mol. The van der Waals surface area contributed by atoms with E-state index < -0.39 is 0 Å². The highest BCUT2D eigenvalue weighted by Gasteiger charge is 2.21. The Morgan fingerprint density at radius 3 is 2.63 bits per heavy atom. The summed E-state index contributed by atoms with van der Waals surface area (Å²) in [7, 11) is 0. The molecule has 0 amide bonds. The average Bonchev–Trinajstić information content (AvgIpc) is 2.42. The molecule has 19 heavy (non-hydrogen) atoms. The van der Waals surface area contributed by atoms with Crippen LogP contribution in [0.4, 0.5) is 0 Å². The maximum absolute atomic E-state index is 12.3. The fourth-order valence-electron chi connectivity index (χ4n) is 2.65. The van der Waals surface area contributed by atoms with Gasteiger partial charge in [-0.25, -0.2) is 0 Å². The lowest BCUT2D eigenvalue weighted by molar-refractivity contribution is 0.0863. The van der Waals surface area contributed by atoms with Gasteiger partial charge in [-0.05, 0) is 57.3 Å². The summed E-state index contributed by atoms with van der Waals surface area (Å²) in [5.41, 5.74) is 3.04. The summed E-state index contributed by atoms with van der Waals surface area (Å²) < 4.78 is 0. The number of ketones is 1. The van der Waals surface area contributed by atoms with Gasteiger partial charge in [-0.2, -0.15) is 0 Å². The highest BCUT2D eigenvalue weighted by atomic mass is 16.3. The normalized spacial score (nSPS) is 17.6. The zero-order valence-electron chi connectivity index (χ0n) is 11.9. The van der Waals surface area contributed by atoms with E-state index in [1.807, 2.05) is 32.0 Å². The van der Waals surface area contributed by atoms with Crippen molar-refractivity contribution >= 4 is 5.78 Å². The summed E-state index contributed by atoms with van der Waals surface area (Å²) in [6.07, 6.45) is 1.99. The number of benzene rings is 1. The maximum atomic E-state index is 12.3. The minimum atomic E-state index is 0.212. The number of carbonyl (C=O) groups excluding carboxylic acids is 1. The van der Waals surface area contributed by atoms with Crippen molar-refractivity contribution in [1.82, 2.24) is 4.90 Å². The molecule has 1 N–H and O–H groups in total. The van der Waals surface area contributed by atoms with E-state index in [1.54, 1.807) is 0 Å². The van der Waals surface area contributed by atoms with E-state index in [1.165, 1.54) is 0 Å². The molecule has 0 radical (unpaired) electrons. The van der Waals surface area contributed by atoms with Crippen LogP contribution in [0.3, 0.4) is 0 Å². The second-order valence-corrected chi connectivity index (χ2v) is 5.64. The minimum Gasteiger partial charge on any atom is -0.396 e. The molecule has 0 atom stereocenters. The van der Waals surface area contributed by atoms with Gasteiger partial charge in [0.05, 0.1) is 6.54 Å². The van der Waals surface area contributed by atoms with Crippen LogP contribution in [0.5, 0.6) is 0 Å². The summed E-state index contributed by atoms with van der Waals surface area (Å²) in [6, 6.07) is 6.04. The van der Waals surface area contributed by atoms with Crippen LogP contribution in [0.1, 0.15) is 34.3 Å². The number of piperidine rings is 1. The lowest BCUT2D eigenvalue weighted by Crippen LogP contribution is -2.38. The van der Waals surface area contributed by atoms with Gasteiger partial charge in [0.2, 0.25) is 0 Å². The molecule has 0 bridgehead atoms. The molecule has 0 unspecified atom stereocenters. The third kappa shape index (κ3) is 3.64. The lowest BCUT2D eigenvalue weighted by Gasteiger charge is -2.30. The second-order valence-electron chi connectivity index (χ2n) is 5.64. The second kappa shape index (κ2) is 6.31. The number of rotatable bonds is 4. The smallest absolute Gasteiger partial charge is 0.177 e. The molecular weight excluding hydrogens is 238 g/mol. The van der Waals surface area contributed by atoms with Crippen molar-refractivity contribution in [2.24, 2.45) is 5.92 Å². The minimum absolute atomic E-state index is 0.212. The SMILES string of the molecule is Cc1ccc(C)c(C(=O)CN2CCC(CO)CC2)c1. The van der Waals surface area contributed by atoms with Crippen LogP contribution in [0.25, 0.3) is 0 Å². The van der Waals surface area contributed by atoms with Crippen molar-refractivity contribution in [3.8, 4) is 0 Å². The quantitative estimate of drug-likeness (QED) is 0.845. The van der Waals surface area contributed by atoms with Gasteiger partial charge in [-0.3, -0.25) is 9.69 Å². The van der Waals surface area contributed by atoms with Crippen LogP contribution >= 0.6 is 0 Å². The number of carbonyl (C=O) groups is 1. The molecule has 1 aliphatic heterocycles. The van der Waals surface area contributed by atoms with E-state index in [2.05, 4.69) is 4.90 Å². The largest absolute Gasteiger partial charge is 0.396 e. The summed E-state index contributed by atoms with van der Waals surface area (Å²) >= 11 is 0. The highest BCUT2D eigenvalue weighted by Crippen LogP contribution is 2.18. The Bertz CT molecular complexity index is 448. The van der Waals surface area contributed by atoms with E-state index in [4.69, 9.17) is 5.11 Å². The van der Waals surface area contributed by atoms with Gasteiger partial charge in [0.25, 0.3) is 0 Å². The molecule has 0 saturated carbocycles. The number of hydrogen-bond donors (Lipinski definition) is 1. The molecule has 1 heterocycles. The van der Waals surface area contributed by atoms with Crippen molar-refractivity contribution in [1.29, 1.82) is 0 Å². The third-order valence-electron chi connectivity index (χ3n) is 4.03. The van der Waals surface area contributed by atoms with E-state index in [-0.39, 0.29) is 12.4 Å². The van der Waals surface area contributed by atoms with Crippen LogP contribution in [0.2, 0.25) is 0 Å². The first-order valence-electron chi connectivity index (χ1n) is 7.04. The number of likely N-dealkylation sites (tertiary alicyclic amines) is 1. The van der Waals surface area contributed by atoms with Crippen molar-refractivity contribution < 1.29 is 9.90 Å². The van der Waals surface area contributed by atoms with Crippen molar-refractivity contribution in [2.75, 3.05) is 26.2 Å². The molecule has 3 nitrogen and oxygen atoms in total. The van der Waals surface area contributed by atoms with Crippen LogP contribution in [0.15, 0.2) is 18.2 Å². The van der Waals surface area contributed by atoms with Crippen LogP contribution in [-0.4, -0.2) is 42.0 Å². The molecule has 0 spiro atoms. The Morgan fingerprint density at radius 1 is 1.32 bits per heavy atom. The zero-order chi connectivity index (χ0) is 13.8. The van der Waals surface area contributed by atoms with E-state index in [0.717, 1.165) is 42.6 Å². The first-order valence-corrected chi connectivity index (χ1v) is 7.04. The molecule has 2 rings (SSSR count). The molecule has 1 fully saturated rings. The predicted octanol–water partition coefficient (Wildman–Crippen LogP) is 2.19. The zero-order valence-corrected chi connectivity index (χ0v) is 11.9. The van der Waals surface area contributed by atoms with Gasteiger partial charge in [0, 0.05) is 12.2 Å². The summed E-state index contributed by atoms with van der Waals surface area (Å²) in [6.45, 7) is 6.62. The van der Waals surface area contributed by atoms with Gasteiger partial charge in [0.15, 0.2) is 5.78 Å². The van der Waals surface area contributed by atoms with Crippen LogP contribution in [0, 0.1) is 19.8 Å². The average molecular weight is 261 g/mol. The van der Waals surface area contributed by atoms with Crippen molar-refractivity contribution in [3.05, 3.63) is 34.9 Å². The Labute approximate surface area is 115 Å². The number of hydrogen-bond acceptors (Lipinski definition) is 3. The van der Waals surface area contributed by atoms with E-state index >= 15 is 0 Å². The van der Waals surface area contributed by atoms with Crippen LogP contribution in [-0.2, 0) is 0 Å². The number of nitrogens with zero attached hydrogens (tertiary/aromatic N) is 1. The summed E-state index contributed by atoms with van der Waals surface area (Å²) in [4.78, 5) is 14.6. The first kappa shape index (κ1) is 14.2. The third-order valence-corrected chi connectivity index (χ3v) is 4.03. The molecule has 0 aliphatic carbocycles. The molecule has 3 heteroatoms. The van der Waals surface area contributed by atoms with Crippen molar-refractivity contribution in [2.45, 2.75) is 26.7 Å². The standard InChI is InChI=1S/C16H23NO2/c1-12-3-4-13(2)15(9-12)16(19)10-17-7-5-14(11-18)6-8-17/h3-4,9,14,18H,5-8,10-11H2,1-2H3. The molecule has 1 aromatic rings. The topological polar surface area (TPSA) is 40.5 Å². The number of Topliss-reactive ketones (excluding diaryl/α,β-unsaturated/α-hetero) is 1. The molecule has 1 aliphatic rings. The Balaban J connectivity index is 1.96. The lowest BCUT2D eigenvalue weighted by atomic mass is 9.96. The van der Waals surface area contributed by atoms with Gasteiger partial charge in [0.1, 0.15) is 0 Å². The fourth-order valence-corrected chi connectivity index (χ4v) is 2.65. The molecular formula is C16H23NO2. The number of aliphatic hydroxyl groups excluding tert-OH is 1. The summed E-state index contributed by atoms with van der Waals surface area (Å²) in [5, 5.41) is 9.12. The number of aliphatic hydroxyl groups is 1. The monoisotopic (exact) mass is 261 g/mol. The molecule has 0 aromatic heterocycles. The van der Waals surface area contributed by atoms with Crippen molar-refractivity contribution in [3.63, 3.8) is 0 Å². The molecule has 1 aromatic carbocycles. The molecule has 104 valence electrons. The van der Waals surface area contributed by atoms with Gasteiger partial charge < -0.3 is 5.11 Å². The van der Waals surface area contributed by atoms with Gasteiger partial charge in [-0.1, -0.05) is 17.7 Å². The highest BCUT2D eigenvalue weighted by molar-refractivity contribution is 5.99. The Morgan fingerprint density at radius 2 is 2.00 bits per heavy atom. The Kier molecular flexibility index (Phi) is 4.72. The molecule has 1 saturated heterocycles. The van der Waals surface area contributed by atoms with E-state index in [0.29, 0.717) is 12.5 Å². The van der Waals surface area contributed by atoms with Crippen LogP contribution < -0.4 is 0 Å². The Hall–Kier alpha value is -1.19. The van der Waals surface area contributed by atoms with Gasteiger partial charge >= 0.3 is 0 Å². The maximum Gasteiger partial charge on any atom is 0.177 e.